The third kappa shape index (κ3) is 5.81. The number of carbonyl (C=O) groups excluding carboxylic acids is 1. The molecule has 27 heavy (non-hydrogen) atoms. The first kappa shape index (κ1) is 19.9. The number of aryl methyl sites for hydroxylation is 2. The van der Waals surface area contributed by atoms with Crippen molar-refractivity contribution in [2.24, 2.45) is 0 Å². The zero-order chi connectivity index (χ0) is 20.0. The van der Waals surface area contributed by atoms with Gasteiger partial charge in [0.15, 0.2) is 0 Å². The normalized spacial score (nSPS) is 11.5. The predicted octanol–water partition coefficient (Wildman–Crippen LogP) is 3.61. The van der Waals surface area contributed by atoms with Crippen LogP contribution in [0, 0.1) is 13.8 Å². The Morgan fingerprint density at radius 3 is 1.81 bits per heavy atom. The molecule has 0 aliphatic carbocycles. The molecule has 0 aromatic heterocycles. The zero-order valence-corrected chi connectivity index (χ0v) is 15.1. The maximum absolute atomic E-state index is 12.4. The summed E-state index contributed by atoms with van der Waals surface area (Å²) in [5, 5.41) is 18.5. The van der Waals surface area contributed by atoms with Crippen LogP contribution in [0.15, 0.2) is 54.1 Å². The Bertz CT molecular complexity index is 876. The topological polar surface area (TPSA) is 101 Å². The van der Waals surface area contributed by atoms with Crippen LogP contribution in [0.4, 0.5) is 0 Å². The van der Waals surface area contributed by atoms with Crippen molar-refractivity contribution in [3.05, 3.63) is 70.8 Å². The molecule has 0 spiro atoms. The number of esters is 1. The highest BCUT2D eigenvalue weighted by Crippen LogP contribution is 2.26. The Morgan fingerprint density at radius 1 is 0.815 bits per heavy atom. The second kappa shape index (κ2) is 8.80. The minimum atomic E-state index is -1.38. The number of benzene rings is 2. The number of aliphatic carboxylic acids is 2. The van der Waals surface area contributed by atoms with Crippen molar-refractivity contribution in [3.8, 4) is 5.75 Å². The van der Waals surface area contributed by atoms with E-state index >= 15 is 0 Å². The highest BCUT2D eigenvalue weighted by atomic mass is 16.5. The SMILES string of the molecule is Cc1ccc(OC(=O)CC(=C(CC(=O)O)C(=O)O)c2ccc(C)cc2)cc1. The van der Waals surface area contributed by atoms with E-state index in [0.717, 1.165) is 11.1 Å². The van der Waals surface area contributed by atoms with Gasteiger partial charge in [0, 0.05) is 0 Å². The van der Waals surface area contributed by atoms with Gasteiger partial charge in [0.05, 0.1) is 18.4 Å². The summed E-state index contributed by atoms with van der Waals surface area (Å²) in [6, 6.07) is 13.7. The molecule has 2 aromatic rings. The second-order valence-electron chi connectivity index (χ2n) is 6.16. The Hall–Kier alpha value is -3.41. The maximum Gasteiger partial charge on any atom is 0.332 e. The van der Waals surface area contributed by atoms with Crippen molar-refractivity contribution < 1.29 is 29.3 Å². The summed E-state index contributed by atoms with van der Waals surface area (Å²) in [5.41, 5.74) is 2.22. The quantitative estimate of drug-likeness (QED) is 0.440. The summed E-state index contributed by atoms with van der Waals surface area (Å²) in [6.07, 6.45) is -1.05. The number of hydrogen-bond donors (Lipinski definition) is 2. The van der Waals surface area contributed by atoms with E-state index in [1.54, 1.807) is 48.5 Å². The van der Waals surface area contributed by atoms with Gasteiger partial charge in [0.1, 0.15) is 5.75 Å². The molecule has 0 fully saturated rings. The molecule has 6 nitrogen and oxygen atoms in total. The molecule has 6 heteroatoms. The van der Waals surface area contributed by atoms with Crippen molar-refractivity contribution in [2.75, 3.05) is 0 Å². The summed E-state index contributed by atoms with van der Waals surface area (Å²) >= 11 is 0. The second-order valence-corrected chi connectivity index (χ2v) is 6.16. The van der Waals surface area contributed by atoms with Crippen LogP contribution in [0.1, 0.15) is 29.5 Å². The van der Waals surface area contributed by atoms with E-state index in [4.69, 9.17) is 9.84 Å². The molecule has 0 radical (unpaired) electrons. The highest BCUT2D eigenvalue weighted by Gasteiger charge is 2.22. The van der Waals surface area contributed by atoms with Gasteiger partial charge < -0.3 is 14.9 Å². The molecule has 0 aliphatic heterocycles. The Morgan fingerprint density at radius 2 is 1.33 bits per heavy atom. The van der Waals surface area contributed by atoms with Crippen LogP contribution >= 0.6 is 0 Å². The van der Waals surface area contributed by atoms with Crippen LogP contribution in [0.3, 0.4) is 0 Å². The molecule has 0 saturated carbocycles. The molecule has 0 bridgehead atoms. The Kier molecular flexibility index (Phi) is 6.49. The van der Waals surface area contributed by atoms with Crippen LogP contribution in [-0.2, 0) is 14.4 Å². The lowest BCUT2D eigenvalue weighted by atomic mass is 9.94. The fourth-order valence-electron chi connectivity index (χ4n) is 2.52. The van der Waals surface area contributed by atoms with Crippen molar-refractivity contribution in [1.82, 2.24) is 0 Å². The fraction of sp³-hybridized carbons (Fsp3) is 0.190. The number of rotatable bonds is 7. The highest BCUT2D eigenvalue weighted by molar-refractivity contribution is 6.03. The molecule has 2 rings (SSSR count). The van der Waals surface area contributed by atoms with Crippen molar-refractivity contribution in [2.45, 2.75) is 26.7 Å². The average Bonchev–Trinajstić information content (AvgIpc) is 2.60. The van der Waals surface area contributed by atoms with Gasteiger partial charge in [-0.3, -0.25) is 9.59 Å². The molecule has 2 aromatic carbocycles. The first-order valence-corrected chi connectivity index (χ1v) is 8.27. The number of ether oxygens (including phenoxy) is 1. The zero-order valence-electron chi connectivity index (χ0n) is 15.1. The molecule has 2 N–H and O–H groups in total. The van der Waals surface area contributed by atoms with Crippen LogP contribution in [-0.4, -0.2) is 28.1 Å². The third-order valence-corrected chi connectivity index (χ3v) is 3.92. The van der Waals surface area contributed by atoms with Gasteiger partial charge >= 0.3 is 17.9 Å². The fourth-order valence-corrected chi connectivity index (χ4v) is 2.52. The van der Waals surface area contributed by atoms with E-state index in [1.807, 2.05) is 13.8 Å². The van der Waals surface area contributed by atoms with Gasteiger partial charge in [-0.1, -0.05) is 47.5 Å². The van der Waals surface area contributed by atoms with Gasteiger partial charge in [-0.15, -0.1) is 0 Å². The molecule has 0 amide bonds. The largest absolute Gasteiger partial charge is 0.481 e. The van der Waals surface area contributed by atoms with Gasteiger partial charge in [0.25, 0.3) is 0 Å². The van der Waals surface area contributed by atoms with Crippen molar-refractivity contribution in [1.29, 1.82) is 0 Å². The van der Waals surface area contributed by atoms with Gasteiger partial charge in [-0.2, -0.15) is 0 Å². The van der Waals surface area contributed by atoms with E-state index < -0.39 is 24.3 Å². The minimum Gasteiger partial charge on any atom is -0.481 e. The lowest BCUT2D eigenvalue weighted by Crippen LogP contribution is -2.14. The predicted molar refractivity (Wildman–Crippen MR) is 99.4 cm³/mol. The summed E-state index contributed by atoms with van der Waals surface area (Å²) in [7, 11) is 0. The smallest absolute Gasteiger partial charge is 0.332 e. The molecule has 0 aliphatic rings. The first-order chi connectivity index (χ1) is 12.8. The summed E-state index contributed by atoms with van der Waals surface area (Å²) in [6.45, 7) is 3.77. The van der Waals surface area contributed by atoms with E-state index in [0.29, 0.717) is 11.3 Å². The van der Waals surface area contributed by atoms with Crippen LogP contribution in [0.5, 0.6) is 5.75 Å². The average molecular weight is 368 g/mol. The number of carboxylic acid groups (broad SMARTS) is 2. The van der Waals surface area contributed by atoms with E-state index in [1.165, 1.54) is 0 Å². The van der Waals surface area contributed by atoms with Crippen molar-refractivity contribution in [3.63, 3.8) is 0 Å². The molecular weight excluding hydrogens is 348 g/mol. The summed E-state index contributed by atoms with van der Waals surface area (Å²) in [4.78, 5) is 35.1. The molecule has 0 unspecified atom stereocenters. The van der Waals surface area contributed by atoms with Crippen LogP contribution < -0.4 is 4.74 Å². The number of carboxylic acids is 2. The van der Waals surface area contributed by atoms with Gasteiger partial charge in [-0.05, 0) is 37.1 Å². The molecule has 0 heterocycles. The maximum atomic E-state index is 12.4. The summed E-state index contributed by atoms with van der Waals surface area (Å²) in [5.74, 6) is -3.00. The van der Waals surface area contributed by atoms with Crippen LogP contribution in [0.25, 0.3) is 5.57 Å². The molecule has 0 atom stereocenters. The monoisotopic (exact) mass is 368 g/mol. The number of carbonyl (C=O) groups is 3. The first-order valence-electron chi connectivity index (χ1n) is 8.27. The van der Waals surface area contributed by atoms with E-state index in [9.17, 15) is 19.5 Å². The lowest BCUT2D eigenvalue weighted by molar-refractivity contribution is -0.139. The molecular formula is C21H20O6. The molecule has 140 valence electrons. The number of hydrogen-bond acceptors (Lipinski definition) is 4. The Labute approximate surface area is 156 Å². The molecule has 0 saturated heterocycles. The summed E-state index contributed by atoms with van der Waals surface area (Å²) < 4.78 is 5.27. The Balaban J connectivity index is 2.37. The lowest BCUT2D eigenvalue weighted by Gasteiger charge is -2.12. The van der Waals surface area contributed by atoms with Crippen molar-refractivity contribution >= 4 is 23.5 Å². The minimum absolute atomic E-state index is 0.127. The van der Waals surface area contributed by atoms with Gasteiger partial charge in [-0.25, -0.2) is 4.79 Å². The van der Waals surface area contributed by atoms with E-state index in [-0.39, 0.29) is 17.6 Å². The van der Waals surface area contributed by atoms with Crippen LogP contribution in [0.2, 0.25) is 0 Å². The van der Waals surface area contributed by atoms with E-state index in [2.05, 4.69) is 0 Å². The standard InChI is InChI=1S/C21H20O6/c1-13-3-7-15(8-4-13)17(18(21(25)26)11-19(22)23)12-20(24)27-16-9-5-14(2)6-10-16/h3-10H,11-12H2,1-2H3,(H,22,23)(H,25,26). The van der Waals surface area contributed by atoms with Gasteiger partial charge in [0.2, 0.25) is 0 Å². The third-order valence-electron chi connectivity index (χ3n) is 3.92.